The molecule has 4 rings (SSSR count). The van der Waals surface area contributed by atoms with E-state index < -0.39 is 20.2 Å². The van der Waals surface area contributed by atoms with Crippen LogP contribution in [-0.4, -0.2) is 108 Å². The Morgan fingerprint density at radius 2 is 1.79 bits per heavy atom. The van der Waals surface area contributed by atoms with E-state index >= 15 is 0 Å². The number of benzene rings is 1. The van der Waals surface area contributed by atoms with Gasteiger partial charge in [0.05, 0.1) is 24.5 Å². The Bertz CT molecular complexity index is 1570. The van der Waals surface area contributed by atoms with Crippen molar-refractivity contribution in [3.63, 3.8) is 0 Å². The van der Waals surface area contributed by atoms with Crippen molar-refractivity contribution in [2.45, 2.75) is 45.5 Å². The molecule has 47 heavy (non-hydrogen) atoms. The summed E-state index contributed by atoms with van der Waals surface area (Å²) in [6, 6.07) is 9.46. The third-order valence-corrected chi connectivity index (χ3v) is 13.4. The van der Waals surface area contributed by atoms with Crippen LogP contribution in [0.1, 0.15) is 26.5 Å². The molecule has 1 saturated heterocycles. The highest BCUT2D eigenvalue weighted by molar-refractivity contribution is 6.74. The van der Waals surface area contributed by atoms with E-state index in [-0.39, 0.29) is 29.7 Å². The number of hydrogen-bond donors (Lipinski definition) is 3. The number of anilines is 3. The summed E-state index contributed by atoms with van der Waals surface area (Å²) < 4.78 is 21.2. The number of likely N-dealkylation sites (N-methyl/N-ethyl adjacent to an activating group) is 1. The summed E-state index contributed by atoms with van der Waals surface area (Å²) in [5, 5.41) is 24.4. The predicted molar refractivity (Wildman–Crippen MR) is 184 cm³/mol. The molecule has 1 aliphatic rings. The van der Waals surface area contributed by atoms with Gasteiger partial charge in [0.25, 0.3) is 0 Å². The van der Waals surface area contributed by atoms with E-state index in [0.717, 1.165) is 13.1 Å². The summed E-state index contributed by atoms with van der Waals surface area (Å²) in [7, 11) is -0.566. The van der Waals surface area contributed by atoms with E-state index in [1.54, 1.807) is 31.4 Å². The van der Waals surface area contributed by atoms with E-state index in [2.05, 4.69) is 69.5 Å². The van der Waals surface area contributed by atoms with E-state index in [1.807, 2.05) is 0 Å². The fourth-order valence-electron chi connectivity index (χ4n) is 4.60. The monoisotopic (exact) mass is 686 g/mol. The molecule has 1 fully saturated rings. The minimum atomic E-state index is -2.12. The Hall–Kier alpha value is -3.69. The van der Waals surface area contributed by atoms with Gasteiger partial charge in [0.15, 0.2) is 8.32 Å². The number of carbonyl (C=O) groups excluding carboxylic acids is 1. The molecule has 254 valence electrons. The molecule has 0 atom stereocenters. The van der Waals surface area contributed by atoms with E-state index in [4.69, 9.17) is 21.1 Å². The fourth-order valence-corrected chi connectivity index (χ4v) is 5.70. The highest BCUT2D eigenvalue weighted by atomic mass is 35.5. The second-order valence-electron chi connectivity index (χ2n) is 13.2. The zero-order valence-electron chi connectivity index (χ0n) is 27.8. The molecule has 15 heteroatoms. The third kappa shape index (κ3) is 10.1. The number of carboxylic acid groups (broad SMARTS) is 1. The number of piperazine rings is 1. The molecule has 0 bridgehead atoms. The molecule has 2 amide bonds. The van der Waals surface area contributed by atoms with Gasteiger partial charge < -0.3 is 25.1 Å². The zero-order chi connectivity index (χ0) is 34.4. The molecule has 0 saturated carbocycles. The average molecular weight is 687 g/mol. The number of amides is 2. The average Bonchev–Trinajstić information content (AvgIpc) is 3.00. The molecular weight excluding hydrogens is 643 g/mol. The van der Waals surface area contributed by atoms with E-state index in [9.17, 15) is 14.0 Å². The van der Waals surface area contributed by atoms with Crippen molar-refractivity contribution in [1.29, 1.82) is 0 Å². The largest absolute Gasteiger partial charge is 0.465 e. The number of halogens is 2. The first-order chi connectivity index (χ1) is 22.1. The number of nitrogens with zero attached hydrogens (tertiary/aromatic N) is 6. The molecule has 12 nitrogen and oxygen atoms in total. The summed E-state index contributed by atoms with van der Waals surface area (Å²) >= 11 is 6.16. The number of carbonyl (C=O) groups is 2. The lowest BCUT2D eigenvalue weighted by molar-refractivity contribution is -0.117. The zero-order valence-corrected chi connectivity index (χ0v) is 29.6. The number of hydrogen-bond acceptors (Lipinski definition) is 9. The van der Waals surface area contributed by atoms with Gasteiger partial charge in [-0.05, 0) is 48.5 Å². The van der Waals surface area contributed by atoms with Gasteiger partial charge in [0, 0.05) is 74.9 Å². The van der Waals surface area contributed by atoms with Crippen LogP contribution >= 0.6 is 11.6 Å². The first kappa shape index (κ1) is 36.1. The lowest BCUT2D eigenvalue weighted by Crippen LogP contribution is -2.50. The number of pyridine rings is 1. The van der Waals surface area contributed by atoms with Gasteiger partial charge in [0.1, 0.15) is 17.3 Å². The molecule has 0 radical (unpaired) electrons. The molecule has 1 aliphatic heterocycles. The maximum atomic E-state index is 14.8. The van der Waals surface area contributed by atoms with Gasteiger partial charge in [0.2, 0.25) is 5.91 Å². The van der Waals surface area contributed by atoms with Crippen LogP contribution in [0.25, 0.3) is 11.3 Å². The van der Waals surface area contributed by atoms with Crippen molar-refractivity contribution < 1.29 is 23.5 Å². The predicted octanol–water partition coefficient (Wildman–Crippen LogP) is 5.76. The maximum Gasteiger partial charge on any atom is 0.407 e. The van der Waals surface area contributed by atoms with Crippen LogP contribution in [0.5, 0.6) is 0 Å². The molecule has 3 heterocycles. The quantitative estimate of drug-likeness (QED) is 0.202. The fraction of sp³-hybridized carbons (Fsp3) is 0.469. The van der Waals surface area contributed by atoms with Crippen molar-refractivity contribution in [1.82, 2.24) is 29.9 Å². The molecule has 2 aromatic heterocycles. The normalized spacial score (nSPS) is 14.6. The lowest BCUT2D eigenvalue weighted by atomic mass is 10.1. The molecular formula is C32H44ClFN8O4Si. The first-order valence-electron chi connectivity index (χ1n) is 15.5. The Morgan fingerprint density at radius 1 is 1.09 bits per heavy atom. The van der Waals surface area contributed by atoms with E-state index in [0.29, 0.717) is 59.8 Å². The Labute approximate surface area is 281 Å². The number of aromatic nitrogens is 3. The maximum absolute atomic E-state index is 14.8. The SMILES string of the molecule is CN(CCN1CCN(CC(=O)Nc2cc(Nc3cc(-c4cc(Cl)ccc4F)nnc3CO[Si](C)(C)C(C)(C)C)ccn2)CC1)C(=O)O. The minimum absolute atomic E-state index is 0.0113. The van der Waals surface area contributed by atoms with Gasteiger partial charge >= 0.3 is 6.09 Å². The van der Waals surface area contributed by atoms with Gasteiger partial charge in [-0.2, -0.15) is 5.10 Å². The Kier molecular flexibility index (Phi) is 11.9. The lowest BCUT2D eigenvalue weighted by Gasteiger charge is -2.36. The molecule has 3 aromatic rings. The second kappa shape index (κ2) is 15.5. The van der Waals surface area contributed by atoms with Crippen LogP contribution in [0.4, 0.5) is 26.4 Å². The topological polar surface area (TPSA) is 136 Å². The molecule has 0 unspecified atom stereocenters. The number of nitrogens with one attached hydrogen (secondary N) is 2. The molecule has 1 aromatic carbocycles. The highest BCUT2D eigenvalue weighted by Crippen LogP contribution is 2.38. The molecule has 0 spiro atoms. The van der Waals surface area contributed by atoms with Crippen molar-refractivity contribution in [2.75, 3.05) is 63.5 Å². The summed E-state index contributed by atoms with van der Waals surface area (Å²) in [5.41, 5.74) is 2.29. The minimum Gasteiger partial charge on any atom is -0.465 e. The Morgan fingerprint density at radius 3 is 2.47 bits per heavy atom. The Balaban J connectivity index is 1.44. The smallest absolute Gasteiger partial charge is 0.407 e. The number of rotatable bonds is 12. The van der Waals surface area contributed by atoms with Crippen molar-refractivity contribution in [2.24, 2.45) is 0 Å². The van der Waals surface area contributed by atoms with Crippen LogP contribution in [0, 0.1) is 5.82 Å². The van der Waals surface area contributed by atoms with Crippen LogP contribution < -0.4 is 10.6 Å². The van der Waals surface area contributed by atoms with Gasteiger partial charge in [-0.15, -0.1) is 5.10 Å². The van der Waals surface area contributed by atoms with E-state index in [1.165, 1.54) is 23.1 Å². The van der Waals surface area contributed by atoms with Gasteiger partial charge in [-0.3, -0.25) is 14.6 Å². The van der Waals surface area contributed by atoms with Crippen LogP contribution in [0.15, 0.2) is 42.6 Å². The van der Waals surface area contributed by atoms with Gasteiger partial charge in [-0.25, -0.2) is 14.2 Å². The van der Waals surface area contributed by atoms with Crippen molar-refractivity contribution >= 4 is 49.1 Å². The first-order valence-corrected chi connectivity index (χ1v) is 18.8. The van der Waals surface area contributed by atoms with Crippen LogP contribution in [-0.2, 0) is 15.8 Å². The summed E-state index contributed by atoms with van der Waals surface area (Å²) in [5.74, 6) is -0.292. The van der Waals surface area contributed by atoms with Crippen LogP contribution in [0.3, 0.4) is 0 Å². The second-order valence-corrected chi connectivity index (χ2v) is 18.4. The highest BCUT2D eigenvalue weighted by Gasteiger charge is 2.37. The third-order valence-electron chi connectivity index (χ3n) is 8.67. The summed E-state index contributed by atoms with van der Waals surface area (Å²) in [4.78, 5) is 33.8. The van der Waals surface area contributed by atoms with Gasteiger partial charge in [-0.1, -0.05) is 32.4 Å². The van der Waals surface area contributed by atoms with Crippen LogP contribution in [0.2, 0.25) is 23.2 Å². The molecule has 3 N–H and O–H groups in total. The summed E-state index contributed by atoms with van der Waals surface area (Å²) in [6.45, 7) is 15.2. The standard InChI is InChI=1S/C32H44ClFN8O4Si/c1-32(2,3)47(5,6)46-21-28-27(19-26(38-39-28)24-17-22(33)7-8-25(24)34)36-23-9-10-35-29(18-23)37-30(43)20-42-15-13-41(14-16-42)12-11-40(4)31(44)45/h7-10,17-19H,11-16,20-21H2,1-6H3,(H,44,45)(H2,35,36,37,38,43). The van der Waals surface area contributed by atoms with Crippen molar-refractivity contribution in [3.05, 3.63) is 59.1 Å². The van der Waals surface area contributed by atoms with Crippen molar-refractivity contribution in [3.8, 4) is 11.3 Å². The summed E-state index contributed by atoms with van der Waals surface area (Å²) in [6.07, 6.45) is 0.641. The molecule has 0 aliphatic carbocycles.